The van der Waals surface area contributed by atoms with Crippen molar-refractivity contribution in [1.29, 1.82) is 0 Å². The molecule has 6 heteroatoms. The summed E-state index contributed by atoms with van der Waals surface area (Å²) in [4.78, 5) is 27.2. The molecule has 0 radical (unpaired) electrons. The smallest absolute Gasteiger partial charge is 0.318 e. The van der Waals surface area contributed by atoms with Crippen LogP contribution >= 0.6 is 0 Å². The molecule has 1 aromatic carbocycles. The third kappa shape index (κ3) is 4.29. The summed E-state index contributed by atoms with van der Waals surface area (Å²) in [5.74, 6) is 0.477. The second-order valence-electron chi connectivity index (χ2n) is 7.33. The monoisotopic (exact) mass is 359 g/mol. The van der Waals surface area contributed by atoms with Gasteiger partial charge in [-0.1, -0.05) is 25.3 Å². The van der Waals surface area contributed by atoms with Gasteiger partial charge in [0.25, 0.3) is 0 Å². The van der Waals surface area contributed by atoms with E-state index in [-0.39, 0.29) is 18.0 Å². The number of urea groups is 1. The molecule has 1 heterocycles. The Morgan fingerprint density at radius 1 is 1.12 bits per heavy atom. The first-order chi connectivity index (χ1) is 12.6. The van der Waals surface area contributed by atoms with Gasteiger partial charge in [0.1, 0.15) is 11.8 Å². The summed E-state index contributed by atoms with van der Waals surface area (Å²) in [5.41, 5.74) is 1.69. The number of ether oxygens (including phenoxy) is 1. The second-order valence-corrected chi connectivity index (χ2v) is 7.33. The maximum absolute atomic E-state index is 12.8. The van der Waals surface area contributed by atoms with E-state index in [0.29, 0.717) is 24.4 Å². The van der Waals surface area contributed by atoms with Crippen molar-refractivity contribution in [1.82, 2.24) is 10.2 Å². The number of aryl methyl sites for hydroxylation is 1. The van der Waals surface area contributed by atoms with Crippen molar-refractivity contribution >= 4 is 17.6 Å². The summed E-state index contributed by atoms with van der Waals surface area (Å²) in [5, 5.41) is 6.07. The maximum Gasteiger partial charge on any atom is 0.318 e. The minimum Gasteiger partial charge on any atom is -0.495 e. The van der Waals surface area contributed by atoms with Gasteiger partial charge in [0, 0.05) is 12.6 Å². The van der Waals surface area contributed by atoms with Gasteiger partial charge in [0.05, 0.1) is 12.8 Å². The van der Waals surface area contributed by atoms with Crippen LogP contribution in [0.5, 0.6) is 5.75 Å². The van der Waals surface area contributed by atoms with Crippen molar-refractivity contribution < 1.29 is 14.3 Å². The van der Waals surface area contributed by atoms with Crippen LogP contribution in [-0.4, -0.2) is 42.6 Å². The summed E-state index contributed by atoms with van der Waals surface area (Å²) in [6.07, 6.45) is 7.20. The zero-order valence-corrected chi connectivity index (χ0v) is 15.7. The Kier molecular flexibility index (Phi) is 6.01. The quantitative estimate of drug-likeness (QED) is 0.865. The highest BCUT2D eigenvalue weighted by molar-refractivity contribution is 5.98. The van der Waals surface area contributed by atoms with Crippen molar-refractivity contribution in [3.8, 4) is 5.75 Å². The lowest BCUT2D eigenvalue weighted by molar-refractivity contribution is -0.119. The molecular weight excluding hydrogens is 330 g/mol. The van der Waals surface area contributed by atoms with Crippen molar-refractivity contribution in [2.75, 3.05) is 19.0 Å². The van der Waals surface area contributed by atoms with Crippen LogP contribution in [0.4, 0.5) is 10.5 Å². The van der Waals surface area contributed by atoms with Gasteiger partial charge in [-0.25, -0.2) is 4.79 Å². The molecule has 1 saturated heterocycles. The highest BCUT2D eigenvalue weighted by Gasteiger charge is 2.35. The molecule has 0 spiro atoms. The Morgan fingerprint density at radius 2 is 1.88 bits per heavy atom. The molecule has 0 bridgehead atoms. The molecule has 142 valence electrons. The third-order valence-corrected chi connectivity index (χ3v) is 5.36. The lowest BCUT2D eigenvalue weighted by atomic mass is 9.96. The van der Waals surface area contributed by atoms with E-state index < -0.39 is 6.04 Å². The maximum atomic E-state index is 12.8. The highest BCUT2D eigenvalue weighted by atomic mass is 16.5. The lowest BCUT2D eigenvalue weighted by Gasteiger charge is -2.29. The van der Waals surface area contributed by atoms with Gasteiger partial charge in [-0.2, -0.15) is 0 Å². The van der Waals surface area contributed by atoms with E-state index in [4.69, 9.17) is 4.74 Å². The predicted molar refractivity (Wildman–Crippen MR) is 101 cm³/mol. The van der Waals surface area contributed by atoms with Crippen molar-refractivity contribution in [3.05, 3.63) is 23.8 Å². The standard InChI is InChI=1S/C20H29N3O3/c1-14-10-11-18(26-2)16(13-14)22-19(24)17-9-6-12-23(17)20(25)21-15-7-4-3-5-8-15/h10-11,13,15,17H,3-9,12H2,1-2H3,(H,21,25)(H,22,24)/t17-/m0/s1. The Labute approximate surface area is 155 Å². The molecule has 2 aliphatic rings. The Morgan fingerprint density at radius 3 is 2.62 bits per heavy atom. The number of benzene rings is 1. The first-order valence-electron chi connectivity index (χ1n) is 9.61. The van der Waals surface area contributed by atoms with Gasteiger partial charge >= 0.3 is 6.03 Å². The average molecular weight is 359 g/mol. The first kappa shape index (κ1) is 18.5. The minimum absolute atomic E-state index is 0.106. The molecule has 3 amide bonds. The summed E-state index contributed by atoms with van der Waals surface area (Å²) in [6.45, 7) is 2.59. The van der Waals surface area contributed by atoms with Crippen LogP contribution in [0.2, 0.25) is 0 Å². The molecule has 0 aromatic heterocycles. The normalized spacial score (nSPS) is 20.7. The number of hydrogen-bond donors (Lipinski definition) is 2. The number of rotatable bonds is 4. The number of carbonyl (C=O) groups is 2. The van der Waals surface area contributed by atoms with E-state index in [2.05, 4.69) is 10.6 Å². The molecule has 2 N–H and O–H groups in total. The SMILES string of the molecule is COc1ccc(C)cc1NC(=O)[C@@H]1CCCN1C(=O)NC1CCCCC1. The van der Waals surface area contributed by atoms with E-state index in [0.717, 1.165) is 24.8 Å². The second kappa shape index (κ2) is 8.43. The molecule has 1 aromatic rings. The Balaban J connectivity index is 1.64. The largest absolute Gasteiger partial charge is 0.495 e. The number of likely N-dealkylation sites (tertiary alicyclic amines) is 1. The molecule has 1 aliphatic carbocycles. The van der Waals surface area contributed by atoms with Gasteiger partial charge in [-0.05, 0) is 50.3 Å². The van der Waals surface area contributed by atoms with Gasteiger partial charge in [-0.15, -0.1) is 0 Å². The van der Waals surface area contributed by atoms with E-state index in [1.54, 1.807) is 12.0 Å². The number of nitrogens with zero attached hydrogens (tertiary/aromatic N) is 1. The van der Waals surface area contributed by atoms with Crippen LogP contribution in [-0.2, 0) is 4.79 Å². The van der Waals surface area contributed by atoms with E-state index in [1.165, 1.54) is 19.3 Å². The van der Waals surface area contributed by atoms with E-state index in [1.807, 2.05) is 25.1 Å². The molecule has 2 fully saturated rings. The summed E-state index contributed by atoms with van der Waals surface area (Å²) in [7, 11) is 1.58. The molecular formula is C20H29N3O3. The number of amides is 3. The fourth-order valence-corrected chi connectivity index (χ4v) is 3.92. The molecule has 6 nitrogen and oxygen atoms in total. The van der Waals surface area contributed by atoms with Crippen LogP contribution in [0, 0.1) is 6.92 Å². The molecule has 26 heavy (non-hydrogen) atoms. The van der Waals surface area contributed by atoms with E-state index in [9.17, 15) is 9.59 Å². The van der Waals surface area contributed by atoms with E-state index >= 15 is 0 Å². The number of anilines is 1. The van der Waals surface area contributed by atoms with Crippen LogP contribution in [0.1, 0.15) is 50.5 Å². The minimum atomic E-state index is -0.427. The van der Waals surface area contributed by atoms with Crippen LogP contribution in [0.15, 0.2) is 18.2 Å². The lowest BCUT2D eigenvalue weighted by Crippen LogP contribution is -2.50. The summed E-state index contributed by atoms with van der Waals surface area (Å²) >= 11 is 0. The first-order valence-corrected chi connectivity index (χ1v) is 9.61. The number of methoxy groups -OCH3 is 1. The van der Waals surface area contributed by atoms with Crippen LogP contribution in [0.25, 0.3) is 0 Å². The Bertz CT molecular complexity index is 656. The van der Waals surface area contributed by atoms with Crippen molar-refractivity contribution in [3.63, 3.8) is 0 Å². The topological polar surface area (TPSA) is 70.7 Å². The van der Waals surface area contributed by atoms with Crippen LogP contribution < -0.4 is 15.4 Å². The van der Waals surface area contributed by atoms with Crippen molar-refractivity contribution in [2.24, 2.45) is 0 Å². The number of hydrogen-bond acceptors (Lipinski definition) is 3. The highest BCUT2D eigenvalue weighted by Crippen LogP contribution is 2.27. The van der Waals surface area contributed by atoms with Gasteiger partial charge in [-0.3, -0.25) is 4.79 Å². The van der Waals surface area contributed by atoms with Crippen molar-refractivity contribution in [2.45, 2.75) is 64.0 Å². The molecule has 1 atom stereocenters. The molecule has 3 rings (SSSR count). The van der Waals surface area contributed by atoms with Gasteiger partial charge in [0.2, 0.25) is 5.91 Å². The predicted octanol–water partition coefficient (Wildman–Crippen LogP) is 3.45. The zero-order chi connectivity index (χ0) is 18.5. The van der Waals surface area contributed by atoms with Gasteiger partial charge < -0.3 is 20.3 Å². The molecule has 0 unspecified atom stereocenters. The summed E-state index contributed by atoms with van der Waals surface area (Å²) in [6, 6.07) is 5.38. The fourth-order valence-electron chi connectivity index (χ4n) is 3.92. The number of nitrogens with one attached hydrogen (secondary N) is 2. The average Bonchev–Trinajstić information content (AvgIpc) is 3.13. The molecule has 1 saturated carbocycles. The summed E-state index contributed by atoms with van der Waals surface area (Å²) < 4.78 is 5.33. The molecule has 1 aliphatic heterocycles. The Hall–Kier alpha value is -2.24. The zero-order valence-electron chi connectivity index (χ0n) is 15.7. The fraction of sp³-hybridized carbons (Fsp3) is 0.600. The van der Waals surface area contributed by atoms with Crippen LogP contribution in [0.3, 0.4) is 0 Å². The third-order valence-electron chi connectivity index (χ3n) is 5.36. The van der Waals surface area contributed by atoms with Gasteiger partial charge in [0.15, 0.2) is 0 Å². The number of carbonyl (C=O) groups excluding carboxylic acids is 2.